The molecule has 5 nitrogen and oxygen atoms in total. The third kappa shape index (κ3) is 2.94. The van der Waals surface area contributed by atoms with Crippen LogP contribution < -0.4 is 5.32 Å². The van der Waals surface area contributed by atoms with Gasteiger partial charge >= 0.3 is 5.97 Å². The molecule has 20 heavy (non-hydrogen) atoms. The van der Waals surface area contributed by atoms with Gasteiger partial charge in [-0.15, -0.1) is 0 Å². The fourth-order valence-corrected chi connectivity index (χ4v) is 1.54. The topological polar surface area (TPSA) is 79.3 Å². The molecule has 0 spiro atoms. The number of halogens is 2. The number of carbonyl (C=O) groups excluding carboxylic acids is 1. The van der Waals surface area contributed by atoms with Crippen LogP contribution in [0.15, 0.2) is 36.5 Å². The van der Waals surface area contributed by atoms with E-state index in [2.05, 4.69) is 10.3 Å². The highest BCUT2D eigenvalue weighted by Gasteiger charge is 2.15. The highest BCUT2D eigenvalue weighted by atomic mass is 19.1. The Bertz CT molecular complexity index is 689. The molecule has 1 heterocycles. The number of nitrogens with one attached hydrogen (secondary N) is 1. The SMILES string of the molecule is O=C(Nc1ccc(F)cc1C(=O)O)c1ccnc(F)c1. The molecule has 0 saturated carbocycles. The van der Waals surface area contributed by atoms with Gasteiger partial charge in [-0.3, -0.25) is 4.79 Å². The molecule has 1 amide bonds. The molecule has 7 heteroatoms. The molecule has 1 aromatic heterocycles. The molecular formula is C13H8F2N2O3. The second kappa shape index (κ2) is 5.43. The van der Waals surface area contributed by atoms with Crippen LogP contribution in [0.4, 0.5) is 14.5 Å². The number of aromatic carboxylic acids is 1. The van der Waals surface area contributed by atoms with Gasteiger partial charge in [-0.2, -0.15) is 4.39 Å². The van der Waals surface area contributed by atoms with E-state index in [1.54, 1.807) is 0 Å². The molecule has 2 N–H and O–H groups in total. The summed E-state index contributed by atoms with van der Waals surface area (Å²) in [4.78, 5) is 26.1. The van der Waals surface area contributed by atoms with Crippen molar-refractivity contribution in [3.63, 3.8) is 0 Å². The number of nitrogens with zero attached hydrogens (tertiary/aromatic N) is 1. The first-order chi connectivity index (χ1) is 9.47. The second-order valence-electron chi connectivity index (χ2n) is 3.82. The van der Waals surface area contributed by atoms with Gasteiger partial charge < -0.3 is 10.4 Å². The van der Waals surface area contributed by atoms with Gasteiger partial charge in [0.2, 0.25) is 5.95 Å². The van der Waals surface area contributed by atoms with E-state index >= 15 is 0 Å². The average Bonchev–Trinajstić information content (AvgIpc) is 2.40. The van der Waals surface area contributed by atoms with Crippen molar-refractivity contribution in [2.45, 2.75) is 0 Å². The number of pyridine rings is 1. The molecule has 0 aliphatic carbocycles. The number of hydrogen-bond donors (Lipinski definition) is 2. The van der Waals surface area contributed by atoms with Crippen LogP contribution in [0.2, 0.25) is 0 Å². The maximum absolute atomic E-state index is 13.0. The van der Waals surface area contributed by atoms with E-state index < -0.39 is 29.2 Å². The standard InChI is InChI=1S/C13H8F2N2O3/c14-8-1-2-10(9(6-8)13(19)20)17-12(18)7-3-4-16-11(15)5-7/h1-6H,(H,17,18)(H,19,20). The normalized spacial score (nSPS) is 10.1. The Morgan fingerprint density at radius 1 is 1.15 bits per heavy atom. The van der Waals surface area contributed by atoms with Gasteiger partial charge in [-0.1, -0.05) is 0 Å². The monoisotopic (exact) mass is 278 g/mol. The quantitative estimate of drug-likeness (QED) is 0.844. The number of hydrogen-bond acceptors (Lipinski definition) is 3. The molecule has 102 valence electrons. The van der Waals surface area contributed by atoms with Crippen LogP contribution >= 0.6 is 0 Å². The summed E-state index contributed by atoms with van der Waals surface area (Å²) in [6, 6.07) is 5.08. The Morgan fingerprint density at radius 2 is 1.90 bits per heavy atom. The van der Waals surface area contributed by atoms with Gasteiger partial charge in [0.1, 0.15) is 5.82 Å². The first-order valence-electron chi connectivity index (χ1n) is 5.43. The van der Waals surface area contributed by atoms with E-state index in [1.165, 1.54) is 6.07 Å². The Labute approximate surface area is 111 Å². The minimum atomic E-state index is -1.39. The number of carboxylic acid groups (broad SMARTS) is 1. The molecule has 0 fully saturated rings. The fraction of sp³-hybridized carbons (Fsp3) is 0. The minimum Gasteiger partial charge on any atom is -0.478 e. The third-order valence-corrected chi connectivity index (χ3v) is 2.45. The zero-order chi connectivity index (χ0) is 14.7. The zero-order valence-corrected chi connectivity index (χ0v) is 9.93. The Morgan fingerprint density at radius 3 is 2.55 bits per heavy atom. The number of carboxylic acids is 1. The summed E-state index contributed by atoms with van der Waals surface area (Å²) in [5.74, 6) is -3.69. The minimum absolute atomic E-state index is 0.0295. The lowest BCUT2D eigenvalue weighted by atomic mass is 10.1. The molecule has 0 aliphatic rings. The van der Waals surface area contributed by atoms with Crippen molar-refractivity contribution >= 4 is 17.6 Å². The van der Waals surface area contributed by atoms with Gasteiger partial charge in [0.15, 0.2) is 0 Å². The van der Waals surface area contributed by atoms with Crippen LogP contribution in [-0.4, -0.2) is 22.0 Å². The van der Waals surface area contributed by atoms with Gasteiger partial charge in [-0.05, 0) is 24.3 Å². The lowest BCUT2D eigenvalue weighted by molar-refractivity contribution is 0.0697. The summed E-state index contributed by atoms with van der Waals surface area (Å²) in [6.07, 6.45) is 1.10. The molecule has 0 unspecified atom stereocenters. The van der Waals surface area contributed by atoms with E-state index in [-0.39, 0.29) is 11.3 Å². The Hall–Kier alpha value is -2.83. The zero-order valence-electron chi connectivity index (χ0n) is 9.93. The maximum atomic E-state index is 13.0. The summed E-state index contributed by atoms with van der Waals surface area (Å²) in [5.41, 5.74) is -0.507. The van der Waals surface area contributed by atoms with E-state index in [1.807, 2.05) is 0 Å². The van der Waals surface area contributed by atoms with E-state index in [0.29, 0.717) is 0 Å². The number of amides is 1. The van der Waals surface area contributed by atoms with Crippen molar-refractivity contribution in [1.82, 2.24) is 4.98 Å². The fourth-order valence-electron chi connectivity index (χ4n) is 1.54. The summed E-state index contributed by atoms with van der Waals surface area (Å²) in [7, 11) is 0. The highest BCUT2D eigenvalue weighted by Crippen LogP contribution is 2.18. The first-order valence-corrected chi connectivity index (χ1v) is 5.43. The van der Waals surface area contributed by atoms with Crippen LogP contribution in [0.5, 0.6) is 0 Å². The number of aromatic nitrogens is 1. The van der Waals surface area contributed by atoms with Crippen molar-refractivity contribution in [3.05, 3.63) is 59.4 Å². The summed E-state index contributed by atoms with van der Waals surface area (Å²) in [5, 5.41) is 11.2. The van der Waals surface area contributed by atoms with Gasteiger partial charge in [0, 0.05) is 17.8 Å². The van der Waals surface area contributed by atoms with Gasteiger partial charge in [0.05, 0.1) is 11.3 Å². The van der Waals surface area contributed by atoms with Crippen LogP contribution in [0, 0.1) is 11.8 Å². The summed E-state index contributed by atoms with van der Waals surface area (Å²) in [6.45, 7) is 0. The highest BCUT2D eigenvalue weighted by molar-refractivity contribution is 6.07. The molecule has 0 saturated heterocycles. The van der Waals surface area contributed by atoms with Crippen molar-refractivity contribution in [3.8, 4) is 0 Å². The lowest BCUT2D eigenvalue weighted by Gasteiger charge is -2.08. The molecule has 0 atom stereocenters. The van der Waals surface area contributed by atoms with E-state index in [0.717, 1.165) is 30.5 Å². The number of anilines is 1. The first kappa shape index (κ1) is 13.6. The molecule has 2 aromatic rings. The van der Waals surface area contributed by atoms with Crippen LogP contribution in [0.25, 0.3) is 0 Å². The Balaban J connectivity index is 2.30. The van der Waals surface area contributed by atoms with Crippen molar-refractivity contribution < 1.29 is 23.5 Å². The molecule has 0 bridgehead atoms. The largest absolute Gasteiger partial charge is 0.478 e. The van der Waals surface area contributed by atoms with Crippen molar-refractivity contribution in [2.75, 3.05) is 5.32 Å². The predicted octanol–water partition coefficient (Wildman–Crippen LogP) is 2.31. The number of benzene rings is 1. The molecular weight excluding hydrogens is 270 g/mol. The summed E-state index contributed by atoms with van der Waals surface area (Å²) < 4.78 is 25.9. The van der Waals surface area contributed by atoms with Crippen LogP contribution in [0.3, 0.4) is 0 Å². The molecule has 0 aliphatic heterocycles. The van der Waals surface area contributed by atoms with Crippen LogP contribution in [-0.2, 0) is 0 Å². The summed E-state index contributed by atoms with van der Waals surface area (Å²) >= 11 is 0. The van der Waals surface area contributed by atoms with Crippen molar-refractivity contribution in [1.29, 1.82) is 0 Å². The lowest BCUT2D eigenvalue weighted by Crippen LogP contribution is -2.15. The van der Waals surface area contributed by atoms with Crippen LogP contribution in [0.1, 0.15) is 20.7 Å². The van der Waals surface area contributed by atoms with E-state index in [4.69, 9.17) is 5.11 Å². The average molecular weight is 278 g/mol. The number of rotatable bonds is 3. The van der Waals surface area contributed by atoms with E-state index in [9.17, 15) is 18.4 Å². The predicted molar refractivity (Wildman–Crippen MR) is 65.5 cm³/mol. The van der Waals surface area contributed by atoms with Gasteiger partial charge in [0.25, 0.3) is 5.91 Å². The van der Waals surface area contributed by atoms with Gasteiger partial charge in [-0.25, -0.2) is 14.2 Å². The second-order valence-corrected chi connectivity index (χ2v) is 3.82. The molecule has 0 radical (unpaired) electrons. The Kier molecular flexibility index (Phi) is 3.69. The molecule has 1 aromatic carbocycles. The third-order valence-electron chi connectivity index (χ3n) is 2.45. The van der Waals surface area contributed by atoms with Crippen molar-refractivity contribution in [2.24, 2.45) is 0 Å². The molecule has 2 rings (SSSR count). The number of carbonyl (C=O) groups is 2. The maximum Gasteiger partial charge on any atom is 0.337 e. The smallest absolute Gasteiger partial charge is 0.337 e.